The average Bonchev–Trinajstić information content (AvgIpc) is 2.80. The van der Waals surface area contributed by atoms with E-state index in [0.717, 1.165) is 4.90 Å². The van der Waals surface area contributed by atoms with Crippen molar-refractivity contribution in [2.45, 2.75) is 25.9 Å². The number of hydrogen-bond acceptors (Lipinski definition) is 4. The smallest absolute Gasteiger partial charge is 0.350 e. The van der Waals surface area contributed by atoms with Gasteiger partial charge in [-0.15, -0.1) is 5.10 Å². The minimum absolute atomic E-state index is 0.0118. The molecule has 0 spiro atoms. The first kappa shape index (κ1) is 14.8. The molecule has 0 bridgehead atoms. The van der Waals surface area contributed by atoms with Crippen molar-refractivity contribution in [3.05, 3.63) is 34.9 Å². The molecular formula is C13H16N4O4. The first-order chi connectivity index (χ1) is 9.91. The zero-order valence-electron chi connectivity index (χ0n) is 11.8. The average molecular weight is 292 g/mol. The second kappa shape index (κ2) is 5.78. The van der Waals surface area contributed by atoms with Gasteiger partial charge in [-0.2, -0.15) is 0 Å². The summed E-state index contributed by atoms with van der Waals surface area (Å²) in [6.07, 6.45) is 1.61. The molecule has 1 amide bonds. The molecule has 1 unspecified atom stereocenters. The maximum atomic E-state index is 12.0. The van der Waals surface area contributed by atoms with Gasteiger partial charge in [0.2, 0.25) is 5.91 Å². The van der Waals surface area contributed by atoms with Crippen molar-refractivity contribution < 1.29 is 14.7 Å². The fourth-order valence-electron chi connectivity index (χ4n) is 1.87. The molecule has 2 heterocycles. The lowest BCUT2D eigenvalue weighted by atomic mass is 10.2. The molecule has 112 valence electrons. The lowest BCUT2D eigenvalue weighted by Crippen LogP contribution is -2.40. The van der Waals surface area contributed by atoms with Crippen LogP contribution in [0.3, 0.4) is 0 Å². The number of carboxylic acid groups (broad SMARTS) is 1. The lowest BCUT2D eigenvalue weighted by molar-refractivity contribution is -0.148. The molecule has 1 N–H and O–H groups in total. The first-order valence-corrected chi connectivity index (χ1v) is 6.44. The molecule has 0 aromatic carbocycles. The van der Waals surface area contributed by atoms with Gasteiger partial charge in [-0.05, 0) is 19.1 Å². The van der Waals surface area contributed by atoms with E-state index >= 15 is 0 Å². The second-order valence-corrected chi connectivity index (χ2v) is 4.70. The number of fused-ring (bicyclic) bond motifs is 1. The summed E-state index contributed by atoms with van der Waals surface area (Å²) in [6, 6.07) is 4.27. The maximum absolute atomic E-state index is 12.0. The van der Waals surface area contributed by atoms with Gasteiger partial charge in [0.1, 0.15) is 6.04 Å². The molecular weight excluding hydrogens is 276 g/mol. The number of carbonyl (C=O) groups is 2. The third-order valence-corrected chi connectivity index (χ3v) is 3.36. The molecule has 21 heavy (non-hydrogen) atoms. The summed E-state index contributed by atoms with van der Waals surface area (Å²) in [5.41, 5.74) is 0.176. The molecule has 8 heteroatoms. The van der Waals surface area contributed by atoms with E-state index in [9.17, 15) is 14.4 Å². The molecule has 0 aliphatic heterocycles. The minimum Gasteiger partial charge on any atom is -0.480 e. The van der Waals surface area contributed by atoms with Crippen LogP contribution in [0.5, 0.6) is 0 Å². The predicted octanol–water partition coefficient (Wildman–Crippen LogP) is -0.182. The maximum Gasteiger partial charge on any atom is 0.350 e. The summed E-state index contributed by atoms with van der Waals surface area (Å²) in [6.45, 7) is 1.54. The topological polar surface area (TPSA) is 96.9 Å². The molecule has 0 radical (unpaired) electrons. The van der Waals surface area contributed by atoms with Crippen LogP contribution in [0.15, 0.2) is 29.2 Å². The minimum atomic E-state index is -1.07. The highest BCUT2D eigenvalue weighted by atomic mass is 16.4. The van der Waals surface area contributed by atoms with Crippen molar-refractivity contribution in [1.82, 2.24) is 19.1 Å². The molecule has 1 atom stereocenters. The Balaban J connectivity index is 2.08. The van der Waals surface area contributed by atoms with Crippen LogP contribution >= 0.6 is 0 Å². The third-order valence-electron chi connectivity index (χ3n) is 3.36. The second-order valence-electron chi connectivity index (χ2n) is 4.70. The van der Waals surface area contributed by atoms with Crippen molar-refractivity contribution >= 4 is 17.5 Å². The van der Waals surface area contributed by atoms with Gasteiger partial charge in [0, 0.05) is 19.7 Å². The van der Waals surface area contributed by atoms with E-state index in [4.69, 9.17) is 5.11 Å². The molecule has 0 aliphatic carbocycles. The predicted molar refractivity (Wildman–Crippen MR) is 73.9 cm³/mol. The van der Waals surface area contributed by atoms with Crippen molar-refractivity contribution in [3.63, 3.8) is 0 Å². The summed E-state index contributed by atoms with van der Waals surface area (Å²) in [7, 11) is 1.42. The highest BCUT2D eigenvalue weighted by molar-refractivity contribution is 5.83. The number of carbonyl (C=O) groups excluding carboxylic acids is 1. The van der Waals surface area contributed by atoms with E-state index in [1.165, 1.54) is 23.1 Å². The van der Waals surface area contributed by atoms with Gasteiger partial charge in [0.05, 0.1) is 6.54 Å². The normalized spacial score (nSPS) is 12.3. The van der Waals surface area contributed by atoms with Crippen LogP contribution in [0.25, 0.3) is 5.65 Å². The summed E-state index contributed by atoms with van der Waals surface area (Å²) in [4.78, 5) is 35.9. The molecule has 8 nitrogen and oxygen atoms in total. The van der Waals surface area contributed by atoms with E-state index in [1.54, 1.807) is 24.4 Å². The zero-order valence-corrected chi connectivity index (χ0v) is 11.8. The number of aliphatic carboxylic acids is 1. The Hall–Kier alpha value is -2.64. The Kier molecular flexibility index (Phi) is 4.06. The summed E-state index contributed by atoms with van der Waals surface area (Å²) >= 11 is 0. The Morgan fingerprint density at radius 1 is 1.43 bits per heavy atom. The fraction of sp³-hybridized carbons (Fsp3) is 0.385. The summed E-state index contributed by atoms with van der Waals surface area (Å²) < 4.78 is 2.58. The molecule has 0 saturated carbocycles. The van der Waals surface area contributed by atoms with Crippen LogP contribution < -0.4 is 5.69 Å². The van der Waals surface area contributed by atoms with Crippen molar-refractivity contribution in [3.8, 4) is 0 Å². The molecule has 0 saturated heterocycles. The quantitative estimate of drug-likeness (QED) is 0.824. The van der Waals surface area contributed by atoms with Crippen LogP contribution in [-0.2, 0) is 16.1 Å². The van der Waals surface area contributed by atoms with E-state index in [2.05, 4.69) is 5.10 Å². The van der Waals surface area contributed by atoms with Crippen LogP contribution in [0.4, 0.5) is 0 Å². The highest BCUT2D eigenvalue weighted by Gasteiger charge is 2.21. The van der Waals surface area contributed by atoms with E-state index < -0.39 is 12.0 Å². The van der Waals surface area contributed by atoms with Gasteiger partial charge in [0.25, 0.3) is 0 Å². The van der Waals surface area contributed by atoms with Gasteiger partial charge < -0.3 is 10.0 Å². The molecule has 2 rings (SSSR count). The number of nitrogens with zero attached hydrogens (tertiary/aromatic N) is 4. The Morgan fingerprint density at radius 2 is 2.14 bits per heavy atom. The number of aromatic nitrogens is 3. The van der Waals surface area contributed by atoms with Crippen LogP contribution in [-0.4, -0.2) is 49.2 Å². The van der Waals surface area contributed by atoms with Crippen LogP contribution in [0, 0.1) is 0 Å². The van der Waals surface area contributed by atoms with E-state index in [1.807, 2.05) is 0 Å². The van der Waals surface area contributed by atoms with Gasteiger partial charge in [0.15, 0.2) is 5.65 Å². The number of aryl methyl sites for hydroxylation is 1. The van der Waals surface area contributed by atoms with Gasteiger partial charge >= 0.3 is 11.7 Å². The van der Waals surface area contributed by atoms with Crippen molar-refractivity contribution in [1.29, 1.82) is 0 Å². The molecule has 2 aromatic rings. The van der Waals surface area contributed by atoms with Gasteiger partial charge in [-0.25, -0.2) is 14.3 Å². The number of pyridine rings is 1. The largest absolute Gasteiger partial charge is 0.480 e. The summed E-state index contributed by atoms with van der Waals surface area (Å²) in [5, 5.41) is 13.0. The SMILES string of the molecule is CC(C(=O)O)N(C)C(=O)CCn1nc2ccccn2c1=O. The van der Waals surface area contributed by atoms with E-state index in [0.29, 0.717) is 5.65 Å². The van der Waals surface area contributed by atoms with Gasteiger partial charge in [-0.3, -0.25) is 9.20 Å². The lowest BCUT2D eigenvalue weighted by Gasteiger charge is -2.21. The number of likely N-dealkylation sites (N-methyl/N-ethyl adjacent to an activating group) is 1. The van der Waals surface area contributed by atoms with Crippen molar-refractivity contribution in [2.75, 3.05) is 7.05 Å². The van der Waals surface area contributed by atoms with Gasteiger partial charge in [-0.1, -0.05) is 6.07 Å². The van der Waals surface area contributed by atoms with E-state index in [-0.39, 0.29) is 24.6 Å². The van der Waals surface area contributed by atoms with Crippen molar-refractivity contribution in [2.24, 2.45) is 0 Å². The highest BCUT2D eigenvalue weighted by Crippen LogP contribution is 2.01. The number of rotatable bonds is 5. The molecule has 2 aromatic heterocycles. The summed E-state index contributed by atoms with van der Waals surface area (Å²) in [5.74, 6) is -1.43. The standard InChI is InChI=1S/C13H16N4O4/c1-9(12(19)20)15(2)11(18)6-8-17-13(21)16-7-4-3-5-10(16)14-17/h3-5,7,9H,6,8H2,1-2H3,(H,19,20). The van der Waals surface area contributed by atoms with Crippen LogP contribution in [0.1, 0.15) is 13.3 Å². The number of hydrogen-bond donors (Lipinski definition) is 1. The monoisotopic (exact) mass is 292 g/mol. The Labute approximate surface area is 120 Å². The Bertz CT molecular complexity index is 733. The molecule has 0 fully saturated rings. The number of carboxylic acids is 1. The third kappa shape index (κ3) is 2.93. The Morgan fingerprint density at radius 3 is 2.76 bits per heavy atom. The zero-order chi connectivity index (χ0) is 15.6. The van der Waals surface area contributed by atoms with Crippen LogP contribution in [0.2, 0.25) is 0 Å². The fourth-order valence-corrected chi connectivity index (χ4v) is 1.87. The number of amides is 1. The molecule has 0 aliphatic rings. The first-order valence-electron chi connectivity index (χ1n) is 6.44.